The Hall–Kier alpha value is -3.74. The minimum absolute atomic E-state index is 0.0545. The summed E-state index contributed by atoms with van der Waals surface area (Å²) in [5.74, 6) is -0.514. The number of amides is 3. The van der Waals surface area contributed by atoms with E-state index in [4.69, 9.17) is 0 Å². The van der Waals surface area contributed by atoms with Gasteiger partial charge in [0.05, 0.1) is 34.7 Å². The van der Waals surface area contributed by atoms with E-state index in [1.54, 1.807) is 24.3 Å². The van der Waals surface area contributed by atoms with Crippen molar-refractivity contribution in [1.82, 2.24) is 14.7 Å². The van der Waals surface area contributed by atoms with Gasteiger partial charge in [0.2, 0.25) is 5.91 Å². The maximum absolute atomic E-state index is 12.5. The summed E-state index contributed by atoms with van der Waals surface area (Å²) in [7, 11) is 0. The second-order valence-corrected chi connectivity index (χ2v) is 8.36. The molecule has 2 heterocycles. The van der Waals surface area contributed by atoms with Crippen LogP contribution in [0.2, 0.25) is 0 Å². The van der Waals surface area contributed by atoms with E-state index in [-0.39, 0.29) is 17.7 Å². The monoisotopic (exact) mass is 444 g/mol. The number of nitrogens with one attached hydrogen (secondary N) is 1. The molecule has 0 saturated heterocycles. The van der Waals surface area contributed by atoms with E-state index in [0.29, 0.717) is 43.5 Å². The van der Waals surface area contributed by atoms with Gasteiger partial charge in [0.15, 0.2) is 0 Å². The van der Waals surface area contributed by atoms with Crippen molar-refractivity contribution in [3.05, 3.63) is 82.7 Å². The Morgan fingerprint density at radius 3 is 2.18 bits per heavy atom. The quantitative estimate of drug-likeness (QED) is 0.393. The second kappa shape index (κ2) is 9.81. The van der Waals surface area contributed by atoms with Crippen LogP contribution in [0.15, 0.2) is 54.6 Å². The highest BCUT2D eigenvalue weighted by Crippen LogP contribution is 2.23. The molecule has 0 aliphatic carbocycles. The second-order valence-electron chi connectivity index (χ2n) is 8.36. The Balaban J connectivity index is 1.23. The molecule has 170 valence electrons. The first-order chi connectivity index (χ1) is 16.0. The third-order valence-corrected chi connectivity index (χ3v) is 5.98. The molecule has 0 saturated carbocycles. The predicted octanol–water partition coefficient (Wildman–Crippen LogP) is 4.34. The minimum atomic E-state index is -0.230. The first kappa shape index (κ1) is 22.5. The molecule has 1 aliphatic heterocycles. The molecule has 7 nitrogen and oxygen atoms in total. The Kier molecular flexibility index (Phi) is 6.68. The summed E-state index contributed by atoms with van der Waals surface area (Å²) in [6.45, 7) is 4.88. The summed E-state index contributed by atoms with van der Waals surface area (Å²) in [6.07, 6.45) is 2.49. The average molecular weight is 445 g/mol. The molecule has 0 atom stereocenters. The first-order valence-corrected chi connectivity index (χ1v) is 11.3. The molecule has 0 bridgehead atoms. The summed E-state index contributed by atoms with van der Waals surface area (Å²) in [4.78, 5) is 38.6. The number of benzene rings is 2. The van der Waals surface area contributed by atoms with Crippen LogP contribution < -0.4 is 5.32 Å². The standard InChI is InChI=1S/C26H28N4O3/c1-18-24(19(2)30(28-18)17-20-11-5-3-6-12-20)27-23(31)15-7-4-10-16-29-25(32)21-13-8-9-14-22(21)26(29)33/h3,5-6,8-9,11-14H,4,7,10,15-17H2,1-2H3,(H,27,31). The maximum Gasteiger partial charge on any atom is 0.261 e. The van der Waals surface area contributed by atoms with Gasteiger partial charge in [0, 0.05) is 13.0 Å². The van der Waals surface area contributed by atoms with Gasteiger partial charge in [-0.1, -0.05) is 48.9 Å². The average Bonchev–Trinajstić information content (AvgIpc) is 3.22. The molecule has 3 aromatic rings. The largest absolute Gasteiger partial charge is 0.323 e. The third-order valence-electron chi connectivity index (χ3n) is 5.98. The zero-order valence-corrected chi connectivity index (χ0v) is 19.0. The molecule has 0 radical (unpaired) electrons. The van der Waals surface area contributed by atoms with Gasteiger partial charge in [0.1, 0.15) is 0 Å². The van der Waals surface area contributed by atoms with E-state index in [9.17, 15) is 14.4 Å². The summed E-state index contributed by atoms with van der Waals surface area (Å²) in [5, 5.41) is 7.58. The Labute approximate surface area is 193 Å². The van der Waals surface area contributed by atoms with Crippen LogP contribution in [0.5, 0.6) is 0 Å². The van der Waals surface area contributed by atoms with Crippen LogP contribution in [0.4, 0.5) is 5.69 Å². The molecule has 7 heteroatoms. The molecule has 3 amide bonds. The fraction of sp³-hybridized carbons (Fsp3) is 0.308. The lowest BCUT2D eigenvalue weighted by Crippen LogP contribution is -2.30. The minimum Gasteiger partial charge on any atom is -0.323 e. The van der Waals surface area contributed by atoms with Crippen LogP contribution in [0.3, 0.4) is 0 Å². The van der Waals surface area contributed by atoms with Crippen LogP contribution in [0.25, 0.3) is 0 Å². The first-order valence-electron chi connectivity index (χ1n) is 11.3. The molecule has 0 fully saturated rings. The number of aryl methyl sites for hydroxylation is 1. The van der Waals surface area contributed by atoms with Crippen molar-refractivity contribution in [3.8, 4) is 0 Å². The van der Waals surface area contributed by atoms with Crippen molar-refractivity contribution in [1.29, 1.82) is 0 Å². The number of rotatable bonds is 9. The van der Waals surface area contributed by atoms with Crippen LogP contribution in [0, 0.1) is 13.8 Å². The van der Waals surface area contributed by atoms with Gasteiger partial charge < -0.3 is 5.32 Å². The van der Waals surface area contributed by atoms with Crippen molar-refractivity contribution in [2.45, 2.75) is 46.1 Å². The summed E-state index contributed by atoms with van der Waals surface area (Å²) >= 11 is 0. The number of carbonyl (C=O) groups is 3. The number of unbranched alkanes of at least 4 members (excludes halogenated alkanes) is 2. The predicted molar refractivity (Wildman–Crippen MR) is 126 cm³/mol. The Morgan fingerprint density at radius 1 is 0.879 bits per heavy atom. The molecule has 4 rings (SSSR count). The van der Waals surface area contributed by atoms with Crippen molar-refractivity contribution in [2.24, 2.45) is 0 Å². The summed E-state index contributed by atoms with van der Waals surface area (Å²) in [6, 6.07) is 17.0. The van der Waals surface area contributed by atoms with Gasteiger partial charge in [-0.3, -0.25) is 24.0 Å². The molecule has 0 unspecified atom stereocenters. The summed E-state index contributed by atoms with van der Waals surface area (Å²) < 4.78 is 1.91. The lowest BCUT2D eigenvalue weighted by molar-refractivity contribution is -0.116. The van der Waals surface area contributed by atoms with Crippen molar-refractivity contribution in [2.75, 3.05) is 11.9 Å². The SMILES string of the molecule is Cc1nn(Cc2ccccc2)c(C)c1NC(=O)CCCCCN1C(=O)c2ccccc2C1=O. The van der Waals surface area contributed by atoms with E-state index in [0.717, 1.165) is 29.1 Å². The van der Waals surface area contributed by atoms with Crippen LogP contribution >= 0.6 is 0 Å². The van der Waals surface area contributed by atoms with Gasteiger partial charge in [-0.15, -0.1) is 0 Å². The van der Waals surface area contributed by atoms with Crippen molar-refractivity contribution in [3.63, 3.8) is 0 Å². The third kappa shape index (κ3) is 4.87. The molecule has 1 aliphatic rings. The van der Waals surface area contributed by atoms with Crippen molar-refractivity contribution >= 4 is 23.4 Å². The molecule has 2 aromatic carbocycles. The maximum atomic E-state index is 12.5. The zero-order valence-electron chi connectivity index (χ0n) is 19.0. The fourth-order valence-electron chi connectivity index (χ4n) is 4.16. The number of aromatic nitrogens is 2. The highest BCUT2D eigenvalue weighted by atomic mass is 16.2. The molecule has 0 spiro atoms. The molecular weight excluding hydrogens is 416 g/mol. The van der Waals surface area contributed by atoms with E-state index >= 15 is 0 Å². The Bertz CT molecular complexity index is 1150. The van der Waals surface area contributed by atoms with Crippen LogP contribution in [-0.2, 0) is 11.3 Å². The van der Waals surface area contributed by atoms with Gasteiger partial charge in [-0.2, -0.15) is 5.10 Å². The fourth-order valence-corrected chi connectivity index (χ4v) is 4.16. The van der Waals surface area contributed by atoms with E-state index in [1.807, 2.05) is 36.7 Å². The van der Waals surface area contributed by atoms with E-state index < -0.39 is 0 Å². The lowest BCUT2D eigenvalue weighted by Gasteiger charge is -2.13. The molecule has 1 N–H and O–H groups in total. The van der Waals surface area contributed by atoms with Crippen LogP contribution in [-0.4, -0.2) is 38.9 Å². The number of carbonyl (C=O) groups excluding carboxylic acids is 3. The van der Waals surface area contributed by atoms with E-state index in [1.165, 1.54) is 4.90 Å². The number of hydrogen-bond acceptors (Lipinski definition) is 4. The smallest absolute Gasteiger partial charge is 0.261 e. The number of fused-ring (bicyclic) bond motifs is 1. The van der Waals surface area contributed by atoms with Crippen molar-refractivity contribution < 1.29 is 14.4 Å². The van der Waals surface area contributed by atoms with Gasteiger partial charge in [0.25, 0.3) is 11.8 Å². The molecule has 1 aromatic heterocycles. The van der Waals surface area contributed by atoms with Gasteiger partial charge in [-0.25, -0.2) is 0 Å². The normalized spacial score (nSPS) is 12.8. The highest BCUT2D eigenvalue weighted by Gasteiger charge is 2.34. The van der Waals surface area contributed by atoms with E-state index in [2.05, 4.69) is 22.5 Å². The van der Waals surface area contributed by atoms with Crippen LogP contribution in [0.1, 0.15) is 63.4 Å². The number of anilines is 1. The summed E-state index contributed by atoms with van der Waals surface area (Å²) in [5.41, 5.74) is 4.58. The molecule has 33 heavy (non-hydrogen) atoms. The zero-order chi connectivity index (χ0) is 23.4. The topological polar surface area (TPSA) is 84.3 Å². The van der Waals surface area contributed by atoms with Gasteiger partial charge in [-0.05, 0) is 44.4 Å². The Morgan fingerprint density at radius 2 is 1.52 bits per heavy atom. The lowest BCUT2D eigenvalue weighted by atomic mass is 10.1. The number of imide groups is 1. The highest BCUT2D eigenvalue weighted by molar-refractivity contribution is 6.21. The molecular formula is C26H28N4O3. The number of hydrogen-bond donors (Lipinski definition) is 1. The number of nitrogens with zero attached hydrogens (tertiary/aromatic N) is 3. The van der Waals surface area contributed by atoms with Gasteiger partial charge >= 0.3 is 0 Å².